The normalized spacial score (nSPS) is 18.9. The molecule has 4 nitrogen and oxygen atoms in total. The van der Waals surface area contributed by atoms with Crippen molar-refractivity contribution in [3.63, 3.8) is 0 Å². The highest BCUT2D eigenvalue weighted by molar-refractivity contribution is 5.37. The molecule has 78 valence electrons. The van der Waals surface area contributed by atoms with E-state index in [9.17, 15) is 0 Å². The van der Waals surface area contributed by atoms with Crippen molar-refractivity contribution in [3.8, 4) is 0 Å². The van der Waals surface area contributed by atoms with Crippen molar-refractivity contribution in [1.29, 1.82) is 0 Å². The summed E-state index contributed by atoms with van der Waals surface area (Å²) in [6.07, 6.45) is 0. The lowest BCUT2D eigenvalue weighted by Crippen LogP contribution is -2.44. The molecule has 0 radical (unpaired) electrons. The van der Waals surface area contributed by atoms with E-state index in [1.807, 2.05) is 12.1 Å². The number of rotatable bonds is 2. The molecule has 2 heterocycles. The van der Waals surface area contributed by atoms with Gasteiger partial charge in [-0.1, -0.05) is 0 Å². The minimum atomic E-state index is 0.480. The van der Waals surface area contributed by atoms with Gasteiger partial charge in [-0.3, -0.25) is 0 Å². The van der Waals surface area contributed by atoms with E-state index in [2.05, 4.69) is 16.8 Å². The molecule has 0 unspecified atom stereocenters. The highest BCUT2D eigenvalue weighted by atomic mass is 16.4. The maximum absolute atomic E-state index is 5.59. The first-order valence-electron chi connectivity index (χ1n) is 5.02. The molecule has 0 atom stereocenters. The lowest BCUT2D eigenvalue weighted by atomic mass is 10.3. The number of nitrogens with two attached hydrogens (primary N) is 1. The molecule has 0 spiro atoms. The second kappa shape index (κ2) is 4.02. The molecule has 1 aliphatic heterocycles. The van der Waals surface area contributed by atoms with Gasteiger partial charge in [0, 0.05) is 32.2 Å². The Labute approximate surface area is 84.3 Å². The number of hydrogen-bond donors (Lipinski definition) is 1. The Morgan fingerprint density at radius 3 is 2.57 bits per heavy atom. The van der Waals surface area contributed by atoms with Crippen LogP contribution in [0.4, 0.5) is 5.88 Å². The van der Waals surface area contributed by atoms with Crippen molar-refractivity contribution in [2.75, 3.05) is 38.1 Å². The molecule has 1 aromatic heterocycles. The number of anilines is 1. The molecule has 1 aliphatic rings. The van der Waals surface area contributed by atoms with Crippen LogP contribution in [0.1, 0.15) is 5.76 Å². The van der Waals surface area contributed by atoms with Crippen molar-refractivity contribution in [2.45, 2.75) is 6.54 Å². The largest absolute Gasteiger partial charge is 0.444 e. The summed E-state index contributed by atoms with van der Waals surface area (Å²) in [7, 11) is 2.14. The standard InChI is InChI=1S/C10H17N3O/c1-12-4-6-13(7-5-12)10-3-2-9(8-11)14-10/h2-3H,4-8,11H2,1H3. The van der Waals surface area contributed by atoms with E-state index in [4.69, 9.17) is 10.2 Å². The zero-order chi connectivity index (χ0) is 9.97. The first kappa shape index (κ1) is 9.55. The minimum Gasteiger partial charge on any atom is -0.444 e. The van der Waals surface area contributed by atoms with Crippen molar-refractivity contribution >= 4 is 5.88 Å². The van der Waals surface area contributed by atoms with Crippen LogP contribution in [0, 0.1) is 0 Å². The monoisotopic (exact) mass is 195 g/mol. The molecule has 0 aliphatic carbocycles. The summed E-state index contributed by atoms with van der Waals surface area (Å²) in [5, 5.41) is 0. The molecule has 4 heteroatoms. The second-order valence-electron chi connectivity index (χ2n) is 3.73. The van der Waals surface area contributed by atoms with E-state index in [1.54, 1.807) is 0 Å². The molecule has 2 rings (SSSR count). The highest BCUT2D eigenvalue weighted by Gasteiger charge is 2.16. The van der Waals surface area contributed by atoms with E-state index in [-0.39, 0.29) is 0 Å². The molecule has 14 heavy (non-hydrogen) atoms. The summed E-state index contributed by atoms with van der Waals surface area (Å²) < 4.78 is 5.59. The summed E-state index contributed by atoms with van der Waals surface area (Å²) in [5.41, 5.74) is 5.49. The Bertz CT molecular complexity index is 289. The van der Waals surface area contributed by atoms with E-state index < -0.39 is 0 Å². The van der Waals surface area contributed by atoms with Crippen LogP contribution in [-0.4, -0.2) is 38.1 Å². The second-order valence-corrected chi connectivity index (χ2v) is 3.73. The Balaban J connectivity index is 2.01. The molecule has 0 amide bonds. The van der Waals surface area contributed by atoms with Crippen molar-refractivity contribution in [3.05, 3.63) is 17.9 Å². The Morgan fingerprint density at radius 2 is 2.00 bits per heavy atom. The van der Waals surface area contributed by atoms with Crippen LogP contribution in [0.2, 0.25) is 0 Å². The lowest BCUT2D eigenvalue weighted by Gasteiger charge is -2.32. The van der Waals surface area contributed by atoms with Crippen molar-refractivity contribution in [1.82, 2.24) is 4.90 Å². The molecule has 1 aromatic rings. The van der Waals surface area contributed by atoms with Gasteiger partial charge in [-0.05, 0) is 13.1 Å². The van der Waals surface area contributed by atoms with Crippen molar-refractivity contribution < 1.29 is 4.42 Å². The van der Waals surface area contributed by atoms with Gasteiger partial charge in [-0.25, -0.2) is 0 Å². The molecule has 1 saturated heterocycles. The Kier molecular flexibility index (Phi) is 2.74. The minimum absolute atomic E-state index is 0.480. The third-order valence-electron chi connectivity index (χ3n) is 2.66. The maximum Gasteiger partial charge on any atom is 0.195 e. The smallest absolute Gasteiger partial charge is 0.195 e. The Morgan fingerprint density at radius 1 is 1.29 bits per heavy atom. The third-order valence-corrected chi connectivity index (χ3v) is 2.66. The molecule has 0 saturated carbocycles. The summed E-state index contributed by atoms with van der Waals surface area (Å²) in [6.45, 7) is 4.74. The number of hydrogen-bond acceptors (Lipinski definition) is 4. The first-order chi connectivity index (χ1) is 6.79. The van der Waals surface area contributed by atoms with Crippen LogP contribution in [0.3, 0.4) is 0 Å². The topological polar surface area (TPSA) is 45.6 Å². The average molecular weight is 195 g/mol. The van der Waals surface area contributed by atoms with Crippen LogP contribution in [-0.2, 0) is 6.54 Å². The van der Waals surface area contributed by atoms with Gasteiger partial charge in [0.25, 0.3) is 0 Å². The van der Waals surface area contributed by atoms with Crippen molar-refractivity contribution in [2.24, 2.45) is 5.73 Å². The molecule has 2 N–H and O–H groups in total. The molecule has 0 bridgehead atoms. The highest BCUT2D eigenvalue weighted by Crippen LogP contribution is 2.19. The van der Waals surface area contributed by atoms with Gasteiger partial charge < -0.3 is 20.0 Å². The zero-order valence-electron chi connectivity index (χ0n) is 8.57. The van der Waals surface area contributed by atoms with Crippen LogP contribution in [0.25, 0.3) is 0 Å². The Hall–Kier alpha value is -1.00. The maximum atomic E-state index is 5.59. The number of nitrogens with zero attached hydrogens (tertiary/aromatic N) is 2. The molecular weight excluding hydrogens is 178 g/mol. The van der Waals surface area contributed by atoms with Gasteiger partial charge in [0.15, 0.2) is 5.88 Å². The lowest BCUT2D eigenvalue weighted by molar-refractivity contribution is 0.305. The number of piperazine rings is 1. The fourth-order valence-corrected chi connectivity index (χ4v) is 1.67. The van der Waals surface area contributed by atoms with E-state index in [0.717, 1.165) is 37.8 Å². The van der Waals surface area contributed by atoms with Crippen LogP contribution < -0.4 is 10.6 Å². The van der Waals surface area contributed by atoms with E-state index >= 15 is 0 Å². The zero-order valence-corrected chi connectivity index (χ0v) is 8.57. The van der Waals surface area contributed by atoms with Crippen LogP contribution in [0.15, 0.2) is 16.5 Å². The van der Waals surface area contributed by atoms with E-state index in [1.165, 1.54) is 0 Å². The predicted molar refractivity (Wildman–Crippen MR) is 56.3 cm³/mol. The van der Waals surface area contributed by atoms with Gasteiger partial charge in [-0.15, -0.1) is 0 Å². The van der Waals surface area contributed by atoms with Gasteiger partial charge in [0.05, 0.1) is 6.54 Å². The third kappa shape index (κ3) is 1.91. The summed E-state index contributed by atoms with van der Waals surface area (Å²) in [6, 6.07) is 3.96. The molecule has 0 aromatic carbocycles. The fraction of sp³-hybridized carbons (Fsp3) is 0.600. The van der Waals surface area contributed by atoms with Crippen LogP contribution >= 0.6 is 0 Å². The predicted octanol–water partition coefficient (Wildman–Crippen LogP) is 0.490. The van der Waals surface area contributed by atoms with E-state index in [0.29, 0.717) is 6.54 Å². The SMILES string of the molecule is CN1CCN(c2ccc(CN)o2)CC1. The summed E-state index contributed by atoms with van der Waals surface area (Å²) >= 11 is 0. The summed E-state index contributed by atoms with van der Waals surface area (Å²) in [4.78, 5) is 4.59. The number of furan rings is 1. The van der Waals surface area contributed by atoms with Gasteiger partial charge >= 0.3 is 0 Å². The molecular formula is C10H17N3O. The fourth-order valence-electron chi connectivity index (χ4n) is 1.67. The quantitative estimate of drug-likeness (QED) is 0.746. The van der Waals surface area contributed by atoms with Crippen LogP contribution in [0.5, 0.6) is 0 Å². The van der Waals surface area contributed by atoms with Gasteiger partial charge in [-0.2, -0.15) is 0 Å². The number of likely N-dealkylation sites (N-methyl/N-ethyl adjacent to an activating group) is 1. The van der Waals surface area contributed by atoms with Gasteiger partial charge in [0.1, 0.15) is 5.76 Å². The molecule has 1 fully saturated rings. The van der Waals surface area contributed by atoms with Gasteiger partial charge in [0.2, 0.25) is 0 Å². The average Bonchev–Trinajstić information content (AvgIpc) is 2.67. The summed E-state index contributed by atoms with van der Waals surface area (Å²) in [5.74, 6) is 1.82. The first-order valence-corrected chi connectivity index (χ1v) is 5.02.